The predicted molar refractivity (Wildman–Crippen MR) is 284 cm³/mol. The van der Waals surface area contributed by atoms with Crippen LogP contribution in [-0.4, -0.2) is 262 Å². The third-order valence-electron chi connectivity index (χ3n) is 13.6. The lowest BCUT2D eigenvalue weighted by atomic mass is 9.86. The van der Waals surface area contributed by atoms with Crippen molar-refractivity contribution in [2.45, 2.75) is 134 Å². The number of ether oxygens (including phenoxy) is 14. The second kappa shape index (κ2) is 39.1. The van der Waals surface area contributed by atoms with Crippen LogP contribution in [0.2, 0.25) is 0 Å². The van der Waals surface area contributed by atoms with E-state index in [-0.39, 0.29) is 50.1 Å². The highest BCUT2D eigenvalue weighted by molar-refractivity contribution is 5.76. The molecule has 0 aliphatic carbocycles. The number of unbranched alkanes of at least 4 members (excludes halogenated alkanes) is 2. The Morgan fingerprint density at radius 3 is 1.35 bits per heavy atom. The normalized spacial score (nSPS) is 25.7. The molecular formula is C52H93N9O20. The molecule has 6 rings (SSSR count). The topological polar surface area (TPSA) is 356 Å². The average Bonchev–Trinajstić information content (AvgIpc) is 4.35. The van der Waals surface area contributed by atoms with Crippen molar-refractivity contribution >= 4 is 11.8 Å². The fourth-order valence-electron chi connectivity index (χ4n) is 8.72. The molecule has 2 aromatic heterocycles. The molecule has 466 valence electrons. The van der Waals surface area contributed by atoms with E-state index in [1.807, 2.05) is 6.20 Å². The van der Waals surface area contributed by atoms with Crippen molar-refractivity contribution in [1.29, 1.82) is 0 Å². The maximum Gasteiger partial charge on any atom is 0.220 e. The van der Waals surface area contributed by atoms with Gasteiger partial charge in [0.15, 0.2) is 12.6 Å². The summed E-state index contributed by atoms with van der Waals surface area (Å²) in [5, 5.41) is 63.0. The van der Waals surface area contributed by atoms with Crippen LogP contribution in [0.3, 0.4) is 0 Å². The first-order valence-corrected chi connectivity index (χ1v) is 28.5. The van der Waals surface area contributed by atoms with Gasteiger partial charge in [0.2, 0.25) is 11.8 Å². The van der Waals surface area contributed by atoms with Gasteiger partial charge in [-0.3, -0.25) is 9.59 Å². The van der Waals surface area contributed by atoms with Gasteiger partial charge in [0.1, 0.15) is 34.8 Å². The summed E-state index contributed by atoms with van der Waals surface area (Å²) in [5.74, 6) is -0.542. The van der Waals surface area contributed by atoms with Crippen LogP contribution in [0.1, 0.15) is 70.7 Å². The zero-order valence-corrected chi connectivity index (χ0v) is 47.7. The highest BCUT2D eigenvalue weighted by Crippen LogP contribution is 2.41. The first-order chi connectivity index (χ1) is 39.4. The number of nitrogens with zero attached hydrogens (tertiary/aromatic N) is 6. The molecule has 0 saturated carbocycles. The molecule has 4 fully saturated rings. The molecule has 4 bridgehead atoms. The maximum absolute atomic E-state index is 11.7. The van der Waals surface area contributed by atoms with E-state index >= 15 is 0 Å². The fourth-order valence-corrected chi connectivity index (χ4v) is 8.72. The Morgan fingerprint density at radius 1 is 0.568 bits per heavy atom. The van der Waals surface area contributed by atoms with Gasteiger partial charge in [-0.2, -0.15) is 0 Å². The summed E-state index contributed by atoms with van der Waals surface area (Å²) in [6, 6.07) is 0. The third-order valence-corrected chi connectivity index (χ3v) is 13.6. The van der Waals surface area contributed by atoms with Gasteiger partial charge in [0.05, 0.1) is 183 Å². The fraction of sp³-hybridized carbons (Fsp3) is 0.885. The molecule has 2 amide bonds. The van der Waals surface area contributed by atoms with Crippen molar-refractivity contribution in [3.8, 4) is 0 Å². The highest BCUT2D eigenvalue weighted by Gasteiger charge is 2.59. The number of aromatic nitrogens is 6. The molecule has 8 N–H and O–H groups in total. The predicted octanol–water partition coefficient (Wildman–Crippen LogP) is -1.76. The number of nitrogens with one attached hydrogen (secondary N) is 2. The van der Waals surface area contributed by atoms with E-state index in [4.69, 9.17) is 72.0 Å². The van der Waals surface area contributed by atoms with Crippen molar-refractivity contribution in [3.05, 3.63) is 23.8 Å². The van der Waals surface area contributed by atoms with Gasteiger partial charge in [-0.15, -0.1) is 10.2 Å². The molecule has 6 heterocycles. The second-order valence-corrected chi connectivity index (χ2v) is 20.2. The molecule has 0 spiro atoms. The molecule has 4 aliphatic rings. The molecule has 4 aliphatic heterocycles. The van der Waals surface area contributed by atoms with Crippen LogP contribution in [0.15, 0.2) is 12.4 Å². The molecule has 0 aromatic carbocycles. The lowest BCUT2D eigenvalue weighted by molar-refractivity contribution is -0.249. The maximum atomic E-state index is 11.7. The molecule has 0 radical (unpaired) electrons. The van der Waals surface area contributed by atoms with Gasteiger partial charge < -0.3 is 103 Å². The van der Waals surface area contributed by atoms with E-state index < -0.39 is 48.2 Å². The first kappa shape index (κ1) is 68.2. The first-order valence-electron chi connectivity index (χ1n) is 28.5. The lowest BCUT2D eigenvalue weighted by Crippen LogP contribution is -2.60. The molecule has 2 aromatic rings. The van der Waals surface area contributed by atoms with Crippen LogP contribution in [0.25, 0.3) is 0 Å². The molecule has 29 heteroatoms. The summed E-state index contributed by atoms with van der Waals surface area (Å²) < 4.78 is 81.5. The third kappa shape index (κ3) is 24.5. The van der Waals surface area contributed by atoms with Gasteiger partial charge in [-0.05, 0) is 19.4 Å². The van der Waals surface area contributed by atoms with E-state index in [1.54, 1.807) is 29.4 Å². The number of hydrogen-bond donors (Lipinski definition) is 7. The van der Waals surface area contributed by atoms with Crippen molar-refractivity contribution in [3.63, 3.8) is 0 Å². The number of amides is 2. The number of carbonyl (C=O) groups is 2. The van der Waals surface area contributed by atoms with Crippen molar-refractivity contribution in [2.75, 3.05) is 152 Å². The Balaban J connectivity index is 0.000000297. The molecule has 0 unspecified atom stereocenters. The SMILES string of the molecule is CCCCCC(=O)NCCOCc1cn(CCOCCOCCOCCOC[C@@]23CO[C@@H](O2)[C@H](C)[C@@H](O)[C@H]3O)nn1.C[C@H]1[C@H]2OC[C@](COCCOCCOCCOCCn3cc(COCCNC(=O)CCCN)nn3)(O2)[C@H](O)[C@@H]1O. The number of carbonyl (C=O) groups excluding carboxylic acids is 2. The van der Waals surface area contributed by atoms with Crippen LogP contribution in [-0.2, 0) is 102 Å². The summed E-state index contributed by atoms with van der Waals surface area (Å²) in [6.07, 6.45) is 3.40. The molecule has 10 atom stereocenters. The van der Waals surface area contributed by atoms with E-state index in [0.29, 0.717) is 177 Å². The molecule has 29 nitrogen and oxygen atoms in total. The van der Waals surface area contributed by atoms with Crippen molar-refractivity contribution < 1.29 is 96.3 Å². The van der Waals surface area contributed by atoms with Gasteiger partial charge in [0, 0.05) is 37.8 Å². The lowest BCUT2D eigenvalue weighted by Gasteiger charge is -2.41. The number of aliphatic hydroxyl groups excluding tert-OH is 4. The number of nitrogens with two attached hydrogens (primary N) is 1. The summed E-state index contributed by atoms with van der Waals surface area (Å²) >= 11 is 0. The molecule has 81 heavy (non-hydrogen) atoms. The zero-order chi connectivity index (χ0) is 58.0. The van der Waals surface area contributed by atoms with Gasteiger partial charge in [-0.1, -0.05) is 44.0 Å². The average molecular weight is 1160 g/mol. The summed E-state index contributed by atoms with van der Waals surface area (Å²) in [7, 11) is 0. The van der Waals surface area contributed by atoms with Crippen LogP contribution in [0, 0.1) is 11.8 Å². The van der Waals surface area contributed by atoms with Crippen LogP contribution in [0.4, 0.5) is 0 Å². The highest BCUT2D eigenvalue weighted by atomic mass is 16.8. The monoisotopic (exact) mass is 1160 g/mol. The quantitative estimate of drug-likeness (QED) is 0.0361. The van der Waals surface area contributed by atoms with Gasteiger partial charge >= 0.3 is 0 Å². The molecular weight excluding hydrogens is 1070 g/mol. The smallest absolute Gasteiger partial charge is 0.220 e. The Bertz CT molecular complexity index is 1980. The number of fused-ring (bicyclic) bond motifs is 4. The van der Waals surface area contributed by atoms with E-state index in [9.17, 15) is 30.0 Å². The minimum Gasteiger partial charge on any atom is -0.390 e. The van der Waals surface area contributed by atoms with Crippen LogP contribution in [0.5, 0.6) is 0 Å². The Labute approximate surface area is 474 Å². The Morgan fingerprint density at radius 2 is 0.951 bits per heavy atom. The standard InChI is InChI=1S/C27H48N4O10.C25H45N5O10/c1-3-4-5-6-23(32)28-7-9-38-18-22-17-31(30-29-22)8-10-35-11-12-36-13-14-37-15-16-39-19-27-20-40-26(41-27)21(2)24(33)25(27)34;1-19-22(32)23(33)25(18-39-24(19)40-25)17-38-14-13-36-12-11-35-10-9-34-8-6-30-15-20(28-29-30)16-37-7-5-27-21(31)3-2-4-26/h17,21,24-26,33-34H,3-16,18-20H2,1-2H3,(H,28,32);15,19,22-24,32-33H,2-14,16-18,26H2,1H3,(H,27,31)/t21-,24-,25-,26+,27+;19-,22-,23-,24+,25+/m11/s1. The second-order valence-electron chi connectivity index (χ2n) is 20.2. The zero-order valence-electron chi connectivity index (χ0n) is 47.7. The summed E-state index contributed by atoms with van der Waals surface area (Å²) in [5.41, 5.74) is 4.75. The van der Waals surface area contributed by atoms with Crippen LogP contribution < -0.4 is 16.4 Å². The van der Waals surface area contributed by atoms with Gasteiger partial charge in [-0.25, -0.2) is 9.36 Å². The summed E-state index contributed by atoms with van der Waals surface area (Å²) in [6.45, 7) is 16.2. The minimum absolute atomic E-state index is 0.0242. The number of aliphatic hydroxyl groups is 4. The number of hydrogen-bond acceptors (Lipinski definition) is 25. The summed E-state index contributed by atoms with van der Waals surface area (Å²) in [4.78, 5) is 23.1. The van der Waals surface area contributed by atoms with Crippen LogP contribution >= 0.6 is 0 Å². The molecule has 4 saturated heterocycles. The van der Waals surface area contributed by atoms with E-state index in [1.165, 1.54) is 0 Å². The Kier molecular flexibility index (Phi) is 33.0. The van der Waals surface area contributed by atoms with Gasteiger partial charge in [0.25, 0.3) is 0 Å². The largest absolute Gasteiger partial charge is 0.390 e. The Hall–Kier alpha value is -3.54. The van der Waals surface area contributed by atoms with Crippen molar-refractivity contribution in [1.82, 2.24) is 40.6 Å². The number of rotatable bonds is 45. The van der Waals surface area contributed by atoms with Crippen molar-refractivity contribution in [2.24, 2.45) is 17.6 Å². The minimum atomic E-state index is -1.06. The van der Waals surface area contributed by atoms with E-state index in [0.717, 1.165) is 25.0 Å². The van der Waals surface area contributed by atoms with E-state index in [2.05, 4.69) is 38.2 Å².